The third kappa shape index (κ3) is 29.0. The van der Waals surface area contributed by atoms with Gasteiger partial charge in [0.1, 0.15) is 19.8 Å². The van der Waals surface area contributed by atoms with Crippen LogP contribution in [-0.4, -0.2) is 99.1 Å². The van der Waals surface area contributed by atoms with E-state index in [9.17, 15) is 0 Å². The van der Waals surface area contributed by atoms with E-state index >= 15 is 0 Å². The van der Waals surface area contributed by atoms with Gasteiger partial charge in [0, 0.05) is 11.1 Å². The molecule has 76 heavy (non-hydrogen) atoms. The van der Waals surface area contributed by atoms with E-state index in [1.807, 2.05) is 42.5 Å². The first-order valence-electron chi connectivity index (χ1n) is 26.4. The van der Waals surface area contributed by atoms with E-state index < -0.39 is 0 Å². The van der Waals surface area contributed by atoms with Gasteiger partial charge in [0.05, 0.1) is 98.1 Å². The fourth-order valence-corrected chi connectivity index (χ4v) is 6.70. The van der Waals surface area contributed by atoms with Crippen molar-refractivity contribution >= 4 is 24.3 Å². The van der Waals surface area contributed by atoms with Crippen LogP contribution in [-0.2, 0) is 43.5 Å². The van der Waals surface area contributed by atoms with Crippen LogP contribution in [0.25, 0.3) is 24.3 Å². The zero-order chi connectivity index (χ0) is 54.2. The molecule has 0 fully saturated rings. The maximum Gasteiger partial charge on any atom is 0.204 e. The van der Waals surface area contributed by atoms with Crippen LogP contribution < -0.4 is 28.4 Å². The van der Waals surface area contributed by atoms with Gasteiger partial charge in [0.15, 0.2) is 23.0 Å². The normalized spacial score (nSPS) is 11.0. The molecule has 0 aliphatic carbocycles. The van der Waals surface area contributed by atoms with Crippen LogP contribution >= 0.6 is 0 Å². The second kappa shape index (κ2) is 44.8. The van der Waals surface area contributed by atoms with Crippen molar-refractivity contribution in [3.63, 3.8) is 0 Å². The summed E-state index contributed by atoms with van der Waals surface area (Å²) < 4.78 is 54.6. The summed E-state index contributed by atoms with van der Waals surface area (Å²) in [6.07, 6.45) is 26.5. The van der Waals surface area contributed by atoms with E-state index in [2.05, 4.69) is 69.8 Å². The Morgan fingerprint density at radius 3 is 0.882 bits per heavy atom. The first kappa shape index (κ1) is 63.8. The summed E-state index contributed by atoms with van der Waals surface area (Å²) in [6.45, 7) is 28.4. The molecule has 0 saturated heterocycles. The van der Waals surface area contributed by atoms with Gasteiger partial charge in [-0.05, 0) is 112 Å². The Labute approximate surface area is 452 Å². The molecular formula is C61H84O15. The molecular weight excluding hydrogens is 973 g/mol. The largest absolute Gasteiger partial charge is 0.502 e. The smallest absolute Gasteiger partial charge is 0.204 e. The van der Waals surface area contributed by atoms with E-state index in [1.54, 1.807) is 18.2 Å². The molecule has 15 nitrogen and oxygen atoms in total. The summed E-state index contributed by atoms with van der Waals surface area (Å²) in [6, 6.07) is 16.1. The minimum atomic E-state index is 0.323. The number of hydrogen-bond acceptors (Lipinski definition) is 15. The van der Waals surface area contributed by atoms with E-state index in [-0.39, 0.29) is 0 Å². The fraction of sp³-hybridized carbons (Fsp3) is 0.443. The average molecular weight is 1060 g/mol. The Morgan fingerprint density at radius 2 is 0.566 bits per heavy atom. The van der Waals surface area contributed by atoms with Crippen molar-refractivity contribution in [2.24, 2.45) is 0 Å². The number of rotatable bonds is 52. The number of benzene rings is 3. The van der Waals surface area contributed by atoms with Gasteiger partial charge >= 0.3 is 0 Å². The van der Waals surface area contributed by atoms with Crippen LogP contribution in [0.4, 0.5) is 0 Å². The first-order chi connectivity index (χ1) is 37.6. The molecule has 0 radical (unpaired) electrons. The highest BCUT2D eigenvalue weighted by Crippen LogP contribution is 2.43. The van der Waals surface area contributed by atoms with E-state index in [4.69, 9.17) is 72.0 Å². The standard InChI is InChI=1S/C61H84O15/c1-7-37-71-74-49-22-19-44-66-57-36-34-54(58(67-45-17-14-41-63-11-5)61(57)70-48-21-24-51-76-73-39-9-3)31-29-52-25-27-53(28-26-52)30-32-55-33-35-56(65-43-16-13-40-62-10-4)60(69-47-18-15-42-64-12-6)59(55)68-46-20-23-50-75-72-38-8-2/h7-12,25-36H,1-6,13-24,37-51H2. The zero-order valence-electron chi connectivity index (χ0n) is 44.9. The Kier molecular flexibility index (Phi) is 37.6. The van der Waals surface area contributed by atoms with Gasteiger partial charge in [-0.15, -0.1) is 19.7 Å². The molecule has 0 unspecified atom stereocenters. The molecule has 418 valence electrons. The number of hydrogen-bond donors (Lipinski definition) is 0. The molecule has 3 rings (SSSR count). The second-order valence-electron chi connectivity index (χ2n) is 16.6. The Hall–Kier alpha value is -6.46. The van der Waals surface area contributed by atoms with Gasteiger partial charge in [0.25, 0.3) is 0 Å². The van der Waals surface area contributed by atoms with E-state index in [0.717, 1.165) is 92.9 Å². The van der Waals surface area contributed by atoms with Crippen molar-refractivity contribution in [2.75, 3.05) is 99.1 Å². The summed E-state index contributed by atoms with van der Waals surface area (Å²) >= 11 is 0. The highest BCUT2D eigenvalue weighted by molar-refractivity contribution is 5.78. The average Bonchev–Trinajstić information content (AvgIpc) is 3.44. The molecule has 0 saturated carbocycles. The molecule has 3 aromatic carbocycles. The Balaban J connectivity index is 1.91. The molecule has 0 aromatic heterocycles. The molecule has 0 spiro atoms. The predicted molar refractivity (Wildman–Crippen MR) is 300 cm³/mol. The summed E-state index contributed by atoms with van der Waals surface area (Å²) in [7, 11) is 0. The number of ether oxygens (including phenoxy) is 9. The van der Waals surface area contributed by atoms with Crippen molar-refractivity contribution in [2.45, 2.75) is 77.0 Å². The molecule has 0 atom stereocenters. The van der Waals surface area contributed by atoms with Crippen LogP contribution in [0.5, 0.6) is 34.5 Å². The lowest BCUT2D eigenvalue weighted by atomic mass is 10.1. The third-order valence-electron chi connectivity index (χ3n) is 10.6. The van der Waals surface area contributed by atoms with E-state index in [1.165, 1.54) is 18.8 Å². The summed E-state index contributed by atoms with van der Waals surface area (Å²) in [5.74, 6) is 3.46. The predicted octanol–water partition coefficient (Wildman–Crippen LogP) is 13.9. The molecule has 0 heterocycles. The molecule has 3 aromatic rings. The lowest BCUT2D eigenvalue weighted by molar-refractivity contribution is -0.286. The zero-order valence-corrected chi connectivity index (χ0v) is 44.9. The van der Waals surface area contributed by atoms with Gasteiger partial charge in [0.2, 0.25) is 11.5 Å². The monoisotopic (exact) mass is 1060 g/mol. The highest BCUT2D eigenvalue weighted by atomic mass is 17.2. The number of unbranched alkanes of at least 4 members (excludes halogenated alkanes) is 6. The van der Waals surface area contributed by atoms with Gasteiger partial charge in [-0.3, -0.25) is 0 Å². The fourth-order valence-electron chi connectivity index (χ4n) is 6.70. The van der Waals surface area contributed by atoms with Crippen molar-refractivity contribution in [3.8, 4) is 34.5 Å². The third-order valence-corrected chi connectivity index (χ3v) is 10.6. The van der Waals surface area contributed by atoms with Gasteiger partial charge in [-0.1, -0.05) is 86.5 Å². The van der Waals surface area contributed by atoms with Gasteiger partial charge in [-0.25, -0.2) is 29.3 Å². The highest BCUT2D eigenvalue weighted by Gasteiger charge is 2.19. The van der Waals surface area contributed by atoms with Crippen molar-refractivity contribution in [3.05, 3.63) is 147 Å². The maximum absolute atomic E-state index is 6.53. The van der Waals surface area contributed by atoms with Crippen molar-refractivity contribution < 1.29 is 72.0 Å². The minimum absolute atomic E-state index is 0.323. The van der Waals surface area contributed by atoms with Crippen LogP contribution in [0.1, 0.15) is 99.3 Å². The van der Waals surface area contributed by atoms with Gasteiger partial charge < -0.3 is 42.6 Å². The topological polar surface area (TPSA) is 138 Å². The lowest BCUT2D eigenvalue weighted by Crippen LogP contribution is -2.08. The molecule has 0 amide bonds. The molecule has 15 heteroatoms. The SMILES string of the molecule is C=CCOOCCCCOc1ccc(C=Cc2ccc(C=Cc3ccc(OCCCCOC=C)c(OCCCCOC=C)c3OCCCCOOCC=C)cc2)c(OCCCCOC=C)c1OCCCCOOCC=C. The summed E-state index contributed by atoms with van der Waals surface area (Å²) in [5.41, 5.74) is 3.65. The van der Waals surface area contributed by atoms with Crippen molar-refractivity contribution in [1.29, 1.82) is 0 Å². The lowest BCUT2D eigenvalue weighted by Gasteiger charge is -2.19. The van der Waals surface area contributed by atoms with Gasteiger partial charge in [-0.2, -0.15) is 0 Å². The Bertz CT molecular complexity index is 2080. The molecule has 0 aliphatic rings. The van der Waals surface area contributed by atoms with Crippen LogP contribution in [0, 0.1) is 0 Å². The molecule has 0 bridgehead atoms. The first-order valence-corrected chi connectivity index (χ1v) is 26.4. The Morgan fingerprint density at radius 1 is 0.276 bits per heavy atom. The van der Waals surface area contributed by atoms with Crippen molar-refractivity contribution in [1.82, 2.24) is 0 Å². The van der Waals surface area contributed by atoms with E-state index in [0.29, 0.717) is 140 Å². The van der Waals surface area contributed by atoms with Crippen LogP contribution in [0.15, 0.2) is 125 Å². The van der Waals surface area contributed by atoms with Crippen LogP contribution in [0.3, 0.4) is 0 Å². The molecule has 0 N–H and O–H groups in total. The summed E-state index contributed by atoms with van der Waals surface area (Å²) in [5, 5.41) is 0. The molecule has 0 aliphatic heterocycles. The second-order valence-corrected chi connectivity index (χ2v) is 16.6. The maximum atomic E-state index is 6.53. The summed E-state index contributed by atoms with van der Waals surface area (Å²) in [4.78, 5) is 30.9. The minimum Gasteiger partial charge on any atom is -0.502 e. The van der Waals surface area contributed by atoms with Crippen LogP contribution in [0.2, 0.25) is 0 Å². The quantitative estimate of drug-likeness (QED) is 0.0132.